The minimum absolute atomic E-state index is 0.132. The third kappa shape index (κ3) is 4.27. The first kappa shape index (κ1) is 18.5. The average molecular weight is 362 g/mol. The normalized spacial score (nSPS) is 11.8. The lowest BCUT2D eigenvalue weighted by Gasteiger charge is -2.24. The van der Waals surface area contributed by atoms with Crippen LogP contribution in [0.4, 0.5) is 5.88 Å². The summed E-state index contributed by atoms with van der Waals surface area (Å²) in [5, 5.41) is 12.6. The maximum atomic E-state index is 9.41. The van der Waals surface area contributed by atoms with E-state index >= 15 is 0 Å². The van der Waals surface area contributed by atoms with Gasteiger partial charge in [0.1, 0.15) is 11.8 Å². The molecule has 0 aliphatic heterocycles. The third-order valence-electron chi connectivity index (χ3n) is 4.33. The van der Waals surface area contributed by atoms with Crippen LogP contribution in [-0.2, 0) is 0 Å². The van der Waals surface area contributed by atoms with Crippen molar-refractivity contribution in [2.24, 2.45) is 0 Å². The number of rotatable bonds is 7. The Morgan fingerprint density at radius 1 is 1.15 bits per heavy atom. The molecule has 3 aromatic rings. The minimum Gasteiger partial charge on any atom is -0.497 e. The van der Waals surface area contributed by atoms with E-state index in [4.69, 9.17) is 9.15 Å². The van der Waals surface area contributed by atoms with Gasteiger partial charge in [0.25, 0.3) is 0 Å². The van der Waals surface area contributed by atoms with Crippen LogP contribution in [0.2, 0.25) is 0 Å². The molecule has 0 amide bonds. The van der Waals surface area contributed by atoms with Crippen LogP contribution in [0.3, 0.4) is 0 Å². The number of methoxy groups -OCH3 is 1. The number of nitrogens with one attached hydrogen (secondary N) is 1. The number of hydrogen-bond donors (Lipinski definition) is 1. The van der Waals surface area contributed by atoms with Gasteiger partial charge in [-0.3, -0.25) is 0 Å². The number of nitriles is 1. The molecule has 138 valence electrons. The van der Waals surface area contributed by atoms with E-state index in [1.807, 2.05) is 56.6 Å². The third-order valence-corrected chi connectivity index (χ3v) is 4.33. The molecule has 1 heterocycles. The van der Waals surface area contributed by atoms with Gasteiger partial charge in [0.2, 0.25) is 17.5 Å². The van der Waals surface area contributed by atoms with Gasteiger partial charge in [0.15, 0.2) is 0 Å². The first-order chi connectivity index (χ1) is 13.1. The lowest BCUT2D eigenvalue weighted by Crippen LogP contribution is -2.26. The van der Waals surface area contributed by atoms with Gasteiger partial charge in [-0.2, -0.15) is 10.2 Å². The highest BCUT2D eigenvalue weighted by molar-refractivity contribution is 5.59. The van der Waals surface area contributed by atoms with Gasteiger partial charge in [0.05, 0.1) is 13.2 Å². The van der Waals surface area contributed by atoms with Crippen LogP contribution in [-0.4, -0.2) is 37.6 Å². The van der Waals surface area contributed by atoms with Crippen molar-refractivity contribution in [2.45, 2.75) is 6.04 Å². The molecule has 0 unspecified atom stereocenters. The quantitative estimate of drug-likeness (QED) is 0.686. The van der Waals surface area contributed by atoms with Gasteiger partial charge in [-0.05, 0) is 43.9 Å². The van der Waals surface area contributed by atoms with Crippen LogP contribution in [0.15, 0.2) is 59.0 Å². The smallest absolute Gasteiger partial charge is 0.232 e. The first-order valence-corrected chi connectivity index (χ1v) is 8.63. The molecule has 0 radical (unpaired) electrons. The van der Waals surface area contributed by atoms with Gasteiger partial charge >= 0.3 is 0 Å². The highest BCUT2D eigenvalue weighted by atomic mass is 16.5. The van der Waals surface area contributed by atoms with Gasteiger partial charge in [-0.25, -0.2) is 0 Å². The average Bonchev–Trinajstić information content (AvgIpc) is 3.12. The molecule has 27 heavy (non-hydrogen) atoms. The lowest BCUT2D eigenvalue weighted by molar-refractivity contribution is 0.310. The maximum Gasteiger partial charge on any atom is 0.232 e. The molecule has 6 nitrogen and oxygen atoms in total. The number of anilines is 1. The number of oxazole rings is 1. The van der Waals surface area contributed by atoms with Crippen molar-refractivity contribution in [3.63, 3.8) is 0 Å². The van der Waals surface area contributed by atoms with E-state index in [2.05, 4.69) is 33.4 Å². The fourth-order valence-corrected chi connectivity index (χ4v) is 2.84. The Kier molecular flexibility index (Phi) is 5.74. The van der Waals surface area contributed by atoms with Crippen LogP contribution in [0.25, 0.3) is 11.5 Å². The van der Waals surface area contributed by atoms with Gasteiger partial charge < -0.3 is 19.4 Å². The zero-order valence-corrected chi connectivity index (χ0v) is 15.6. The molecule has 1 atom stereocenters. The van der Waals surface area contributed by atoms with E-state index in [0.29, 0.717) is 18.3 Å². The van der Waals surface area contributed by atoms with E-state index in [9.17, 15) is 5.26 Å². The Labute approximate surface area is 159 Å². The number of likely N-dealkylation sites (N-methyl/N-ethyl adjacent to an activating group) is 1. The van der Waals surface area contributed by atoms with Crippen molar-refractivity contribution in [3.05, 3.63) is 65.9 Å². The molecular formula is C21H22N4O2. The SMILES string of the molecule is COc1ccc(-c2nc(C#N)c(NC[C@@H](c3ccccc3)N(C)C)o2)cc1. The van der Waals surface area contributed by atoms with Crippen LogP contribution >= 0.6 is 0 Å². The summed E-state index contributed by atoms with van der Waals surface area (Å²) in [5.74, 6) is 1.53. The Bertz CT molecular complexity index is 912. The fourth-order valence-electron chi connectivity index (χ4n) is 2.84. The van der Waals surface area contributed by atoms with Crippen molar-refractivity contribution in [1.82, 2.24) is 9.88 Å². The summed E-state index contributed by atoms with van der Waals surface area (Å²) in [6, 6.07) is 19.8. The summed E-state index contributed by atoms with van der Waals surface area (Å²) < 4.78 is 11.0. The number of benzene rings is 2. The molecule has 0 saturated heterocycles. The van der Waals surface area contributed by atoms with E-state index in [0.717, 1.165) is 11.3 Å². The molecule has 0 spiro atoms. The highest BCUT2D eigenvalue weighted by Gasteiger charge is 2.18. The lowest BCUT2D eigenvalue weighted by atomic mass is 10.1. The summed E-state index contributed by atoms with van der Waals surface area (Å²) in [6.45, 7) is 0.586. The van der Waals surface area contributed by atoms with Gasteiger partial charge in [-0.1, -0.05) is 30.3 Å². The molecule has 3 rings (SSSR count). The minimum atomic E-state index is 0.132. The number of hydrogen-bond acceptors (Lipinski definition) is 6. The van der Waals surface area contributed by atoms with Crippen LogP contribution in [0, 0.1) is 11.3 Å². The summed E-state index contributed by atoms with van der Waals surface area (Å²) in [6.07, 6.45) is 0. The van der Waals surface area contributed by atoms with Crippen molar-refractivity contribution >= 4 is 5.88 Å². The van der Waals surface area contributed by atoms with Gasteiger partial charge in [-0.15, -0.1) is 0 Å². The van der Waals surface area contributed by atoms with E-state index in [1.54, 1.807) is 7.11 Å². The van der Waals surface area contributed by atoms with E-state index in [-0.39, 0.29) is 11.7 Å². The highest BCUT2D eigenvalue weighted by Crippen LogP contribution is 2.28. The predicted octanol–water partition coefficient (Wildman–Crippen LogP) is 3.94. The van der Waals surface area contributed by atoms with Crippen LogP contribution in [0.5, 0.6) is 5.75 Å². The van der Waals surface area contributed by atoms with Crippen molar-refractivity contribution in [1.29, 1.82) is 5.26 Å². The molecule has 6 heteroatoms. The summed E-state index contributed by atoms with van der Waals surface area (Å²) in [5.41, 5.74) is 2.21. The number of ether oxygens (including phenoxy) is 1. The summed E-state index contributed by atoms with van der Waals surface area (Å²) in [7, 11) is 5.66. The van der Waals surface area contributed by atoms with E-state index < -0.39 is 0 Å². The molecule has 0 fully saturated rings. The first-order valence-electron chi connectivity index (χ1n) is 8.63. The molecule has 0 bridgehead atoms. The number of nitrogens with zero attached hydrogens (tertiary/aromatic N) is 3. The van der Waals surface area contributed by atoms with Crippen molar-refractivity contribution in [3.8, 4) is 23.3 Å². The predicted molar refractivity (Wildman–Crippen MR) is 105 cm³/mol. The monoisotopic (exact) mass is 362 g/mol. The largest absolute Gasteiger partial charge is 0.497 e. The topological polar surface area (TPSA) is 74.3 Å². The molecule has 1 aromatic heterocycles. The summed E-state index contributed by atoms with van der Waals surface area (Å²) >= 11 is 0. The molecular weight excluding hydrogens is 340 g/mol. The zero-order chi connectivity index (χ0) is 19.2. The second-order valence-corrected chi connectivity index (χ2v) is 6.31. The molecule has 0 aliphatic rings. The maximum absolute atomic E-state index is 9.41. The zero-order valence-electron chi connectivity index (χ0n) is 15.6. The van der Waals surface area contributed by atoms with Crippen molar-refractivity contribution < 1.29 is 9.15 Å². The van der Waals surface area contributed by atoms with Crippen molar-refractivity contribution in [2.75, 3.05) is 33.1 Å². The Morgan fingerprint density at radius 2 is 1.85 bits per heavy atom. The fraction of sp³-hybridized carbons (Fsp3) is 0.238. The Balaban J connectivity index is 1.80. The second kappa shape index (κ2) is 8.39. The molecule has 0 saturated carbocycles. The molecule has 0 aliphatic carbocycles. The van der Waals surface area contributed by atoms with Gasteiger partial charge in [0, 0.05) is 12.1 Å². The summed E-state index contributed by atoms with van der Waals surface area (Å²) in [4.78, 5) is 6.43. The number of aromatic nitrogens is 1. The molecule has 2 aromatic carbocycles. The van der Waals surface area contributed by atoms with Crippen LogP contribution in [0.1, 0.15) is 17.3 Å². The van der Waals surface area contributed by atoms with Crippen LogP contribution < -0.4 is 10.1 Å². The molecule has 1 N–H and O–H groups in total. The Hall–Kier alpha value is -3.30. The van der Waals surface area contributed by atoms with E-state index in [1.165, 1.54) is 5.56 Å². The standard InChI is InChI=1S/C21H22N4O2/c1-25(2)19(15-7-5-4-6-8-15)14-23-21-18(13-22)24-20(27-21)16-9-11-17(26-3)12-10-16/h4-12,19,23H,14H2,1-3H3/t19-/m0/s1. The second-order valence-electron chi connectivity index (χ2n) is 6.31. The Morgan fingerprint density at radius 3 is 2.44 bits per heavy atom.